The maximum atomic E-state index is 13.0. The first-order valence-electron chi connectivity index (χ1n) is 8.10. The second-order valence-electron chi connectivity index (χ2n) is 6.24. The molecule has 24 heavy (non-hydrogen) atoms. The summed E-state index contributed by atoms with van der Waals surface area (Å²) < 4.78 is 7.43. The van der Waals surface area contributed by atoms with Gasteiger partial charge in [0, 0.05) is 37.6 Å². The van der Waals surface area contributed by atoms with E-state index in [1.54, 1.807) is 18.3 Å². The molecule has 0 N–H and O–H groups in total. The SMILES string of the molecule is COCC(c1ccc(Cl)cc1)N(C)C(=O)C1CCc2cncn2C1. The van der Waals surface area contributed by atoms with Gasteiger partial charge < -0.3 is 14.2 Å². The zero-order chi connectivity index (χ0) is 17.1. The number of imidazole rings is 1. The van der Waals surface area contributed by atoms with Gasteiger partial charge in [0.1, 0.15) is 0 Å². The lowest BCUT2D eigenvalue weighted by Crippen LogP contribution is -2.40. The number of rotatable bonds is 5. The number of nitrogens with zero attached hydrogens (tertiary/aromatic N) is 3. The Balaban J connectivity index is 1.76. The number of carbonyl (C=O) groups excluding carboxylic acids is 1. The van der Waals surface area contributed by atoms with Gasteiger partial charge in [-0.05, 0) is 30.5 Å². The van der Waals surface area contributed by atoms with Crippen LogP contribution in [0.1, 0.15) is 23.7 Å². The largest absolute Gasteiger partial charge is 0.382 e. The number of carbonyl (C=O) groups is 1. The highest BCUT2D eigenvalue weighted by molar-refractivity contribution is 6.30. The number of amides is 1. The molecule has 2 unspecified atom stereocenters. The average Bonchev–Trinajstić information content (AvgIpc) is 3.07. The number of halogens is 1. The summed E-state index contributed by atoms with van der Waals surface area (Å²) in [7, 11) is 3.50. The van der Waals surface area contributed by atoms with Gasteiger partial charge in [-0.2, -0.15) is 0 Å². The van der Waals surface area contributed by atoms with Gasteiger partial charge in [-0.15, -0.1) is 0 Å². The fourth-order valence-corrected chi connectivity index (χ4v) is 3.42. The van der Waals surface area contributed by atoms with E-state index >= 15 is 0 Å². The Kier molecular flexibility index (Phi) is 5.21. The molecule has 1 aliphatic heterocycles. The summed E-state index contributed by atoms with van der Waals surface area (Å²) in [5.41, 5.74) is 2.23. The number of aryl methyl sites for hydroxylation is 1. The summed E-state index contributed by atoms with van der Waals surface area (Å²) >= 11 is 5.97. The van der Waals surface area contributed by atoms with Gasteiger partial charge in [-0.1, -0.05) is 23.7 Å². The summed E-state index contributed by atoms with van der Waals surface area (Å²) in [4.78, 5) is 19.0. The van der Waals surface area contributed by atoms with E-state index in [0.29, 0.717) is 18.2 Å². The molecular formula is C18H22ClN3O2. The monoisotopic (exact) mass is 347 g/mol. The van der Waals surface area contributed by atoms with Crippen LogP contribution in [-0.2, 0) is 22.5 Å². The fraction of sp³-hybridized carbons (Fsp3) is 0.444. The Bertz CT molecular complexity index is 699. The highest BCUT2D eigenvalue weighted by Crippen LogP contribution is 2.27. The van der Waals surface area contributed by atoms with Crippen molar-refractivity contribution in [2.75, 3.05) is 20.8 Å². The van der Waals surface area contributed by atoms with Crippen LogP contribution < -0.4 is 0 Å². The summed E-state index contributed by atoms with van der Waals surface area (Å²) in [6.07, 6.45) is 5.43. The molecule has 2 atom stereocenters. The lowest BCUT2D eigenvalue weighted by atomic mass is 9.95. The molecule has 5 nitrogen and oxygen atoms in total. The van der Waals surface area contributed by atoms with E-state index in [0.717, 1.165) is 18.4 Å². The average molecular weight is 348 g/mol. The summed E-state index contributed by atoms with van der Waals surface area (Å²) in [6, 6.07) is 7.46. The highest BCUT2D eigenvalue weighted by Gasteiger charge is 2.30. The molecule has 0 saturated heterocycles. The summed E-state index contributed by atoms with van der Waals surface area (Å²) in [6.45, 7) is 1.14. The van der Waals surface area contributed by atoms with Crippen LogP contribution in [0, 0.1) is 5.92 Å². The van der Waals surface area contributed by atoms with Gasteiger partial charge in [0.2, 0.25) is 5.91 Å². The molecule has 0 radical (unpaired) electrons. The van der Waals surface area contributed by atoms with Gasteiger partial charge in [0.05, 0.1) is 24.9 Å². The molecule has 128 valence electrons. The van der Waals surface area contributed by atoms with E-state index < -0.39 is 0 Å². The van der Waals surface area contributed by atoms with Gasteiger partial charge in [0.25, 0.3) is 0 Å². The molecule has 0 fully saturated rings. The third kappa shape index (κ3) is 3.47. The smallest absolute Gasteiger partial charge is 0.227 e. The number of methoxy groups -OCH3 is 1. The normalized spacial score (nSPS) is 18.0. The lowest BCUT2D eigenvalue weighted by molar-refractivity contribution is -0.138. The van der Waals surface area contributed by atoms with Crippen LogP contribution in [0.5, 0.6) is 0 Å². The molecule has 0 aliphatic carbocycles. The van der Waals surface area contributed by atoms with Gasteiger partial charge in [-0.3, -0.25) is 4.79 Å². The van der Waals surface area contributed by atoms with Gasteiger partial charge in [-0.25, -0.2) is 4.98 Å². The topological polar surface area (TPSA) is 47.4 Å². The molecule has 1 aliphatic rings. The number of hydrogen-bond donors (Lipinski definition) is 0. The van der Waals surface area contributed by atoms with Gasteiger partial charge >= 0.3 is 0 Å². The molecule has 1 aromatic heterocycles. The Hall–Kier alpha value is -1.85. The third-order valence-corrected chi connectivity index (χ3v) is 4.96. The predicted molar refractivity (Wildman–Crippen MR) is 92.9 cm³/mol. The quantitative estimate of drug-likeness (QED) is 0.835. The van der Waals surface area contributed by atoms with Crippen LogP contribution in [0.25, 0.3) is 0 Å². The number of fused-ring (bicyclic) bond motifs is 1. The molecular weight excluding hydrogens is 326 g/mol. The van der Waals surface area contributed by atoms with Crippen LogP contribution in [0.15, 0.2) is 36.8 Å². The van der Waals surface area contributed by atoms with Crippen LogP contribution in [0.3, 0.4) is 0 Å². The zero-order valence-electron chi connectivity index (χ0n) is 14.0. The van der Waals surface area contributed by atoms with Crippen LogP contribution in [0.2, 0.25) is 5.02 Å². The molecule has 0 saturated carbocycles. The first-order chi connectivity index (χ1) is 11.6. The van der Waals surface area contributed by atoms with Crippen molar-refractivity contribution < 1.29 is 9.53 Å². The lowest BCUT2D eigenvalue weighted by Gasteiger charge is -2.33. The Morgan fingerprint density at radius 1 is 1.46 bits per heavy atom. The van der Waals surface area contributed by atoms with Crippen LogP contribution >= 0.6 is 11.6 Å². The summed E-state index contributed by atoms with van der Waals surface area (Å²) in [5.74, 6) is 0.120. The number of likely N-dealkylation sites (N-methyl/N-ethyl adjacent to an activating group) is 1. The van der Waals surface area contributed by atoms with Crippen LogP contribution in [0.4, 0.5) is 0 Å². The van der Waals surface area contributed by atoms with Crippen molar-refractivity contribution in [3.8, 4) is 0 Å². The first-order valence-corrected chi connectivity index (χ1v) is 8.48. The minimum atomic E-state index is -0.121. The minimum absolute atomic E-state index is 0.0247. The minimum Gasteiger partial charge on any atom is -0.382 e. The van der Waals surface area contributed by atoms with E-state index in [4.69, 9.17) is 16.3 Å². The summed E-state index contributed by atoms with van der Waals surface area (Å²) in [5, 5.41) is 0.684. The molecule has 2 aromatic rings. The van der Waals surface area contributed by atoms with Crippen molar-refractivity contribution in [1.29, 1.82) is 0 Å². The number of hydrogen-bond acceptors (Lipinski definition) is 3. The van der Waals surface area contributed by atoms with E-state index in [9.17, 15) is 4.79 Å². The van der Waals surface area contributed by atoms with Crippen molar-refractivity contribution in [3.05, 3.63) is 53.1 Å². The van der Waals surface area contributed by atoms with E-state index in [2.05, 4.69) is 9.55 Å². The maximum Gasteiger partial charge on any atom is 0.227 e. The van der Waals surface area contributed by atoms with Crippen LogP contribution in [-0.4, -0.2) is 41.1 Å². The van der Waals surface area contributed by atoms with Crippen molar-refractivity contribution in [3.63, 3.8) is 0 Å². The van der Waals surface area contributed by atoms with Gasteiger partial charge in [0.15, 0.2) is 0 Å². The number of benzene rings is 1. The molecule has 6 heteroatoms. The van der Waals surface area contributed by atoms with Crippen molar-refractivity contribution >= 4 is 17.5 Å². The zero-order valence-corrected chi connectivity index (χ0v) is 14.7. The highest BCUT2D eigenvalue weighted by atomic mass is 35.5. The molecule has 2 heterocycles. The van der Waals surface area contributed by atoms with Crippen molar-refractivity contribution in [2.45, 2.75) is 25.4 Å². The fourth-order valence-electron chi connectivity index (χ4n) is 3.29. The third-order valence-electron chi connectivity index (χ3n) is 4.71. The number of ether oxygens (including phenoxy) is 1. The van der Waals surface area contributed by atoms with E-state index in [1.165, 1.54) is 5.69 Å². The number of aromatic nitrogens is 2. The molecule has 1 amide bonds. The first kappa shape index (κ1) is 17.0. The molecule has 0 bridgehead atoms. The second-order valence-corrected chi connectivity index (χ2v) is 6.68. The molecule has 3 rings (SSSR count). The second kappa shape index (κ2) is 7.36. The van der Waals surface area contributed by atoms with Crippen molar-refractivity contribution in [1.82, 2.24) is 14.5 Å². The van der Waals surface area contributed by atoms with Crippen molar-refractivity contribution in [2.24, 2.45) is 5.92 Å². The maximum absolute atomic E-state index is 13.0. The Labute approximate surface area is 147 Å². The van der Waals surface area contributed by atoms with E-state index in [-0.39, 0.29) is 17.9 Å². The van der Waals surface area contributed by atoms with E-state index in [1.807, 2.05) is 37.5 Å². The Morgan fingerprint density at radius 2 is 2.21 bits per heavy atom. The molecule has 0 spiro atoms. The standard InChI is InChI=1S/C18H22ClN3O2/c1-21(17(11-24-2)13-3-6-15(19)7-4-13)18(23)14-5-8-16-9-20-12-22(16)10-14/h3-4,6-7,9,12,14,17H,5,8,10-11H2,1-2H3. The predicted octanol–water partition coefficient (Wildman–Crippen LogP) is 2.95. The molecule has 1 aromatic carbocycles. The Morgan fingerprint density at radius 3 is 2.92 bits per heavy atom.